The van der Waals surface area contributed by atoms with Gasteiger partial charge in [-0.15, -0.1) is 27.7 Å². The average Bonchev–Trinajstić information content (AvgIpc) is 3.38. The molecule has 0 bridgehead atoms. The van der Waals surface area contributed by atoms with Gasteiger partial charge in [-0.1, -0.05) is 11.2 Å². The lowest BCUT2D eigenvalue weighted by molar-refractivity contribution is 0.198. The Morgan fingerprint density at radius 1 is 1.23 bits per heavy atom. The Morgan fingerprint density at radius 3 is 2.87 bits per heavy atom. The van der Waals surface area contributed by atoms with Crippen LogP contribution in [0.1, 0.15) is 35.7 Å². The van der Waals surface area contributed by atoms with E-state index >= 15 is 0 Å². The van der Waals surface area contributed by atoms with Gasteiger partial charge in [-0.05, 0) is 25.5 Å². The molecule has 0 aliphatic carbocycles. The van der Waals surface area contributed by atoms with Crippen LogP contribution < -0.4 is 14.8 Å². The summed E-state index contributed by atoms with van der Waals surface area (Å²) in [6.07, 6.45) is 0.586. The molecule has 1 atom stereocenters. The van der Waals surface area contributed by atoms with E-state index in [0.717, 1.165) is 30.9 Å². The third-order valence-corrected chi connectivity index (χ3v) is 5.05. The number of hydrogen-bond donors (Lipinski definition) is 1. The highest BCUT2D eigenvalue weighted by atomic mass is 35.5. The Hall–Kier alpha value is -3.24. The van der Waals surface area contributed by atoms with Gasteiger partial charge in [0.25, 0.3) is 5.88 Å². The van der Waals surface area contributed by atoms with Crippen molar-refractivity contribution in [3.05, 3.63) is 47.0 Å². The first-order valence-electron chi connectivity index (χ1n) is 9.72. The van der Waals surface area contributed by atoms with Gasteiger partial charge in [-0.3, -0.25) is 4.98 Å². The molecule has 0 aromatic carbocycles. The topological polar surface area (TPSA) is 112 Å². The summed E-state index contributed by atoms with van der Waals surface area (Å²) in [5, 5.41) is 20.3. The van der Waals surface area contributed by atoms with Gasteiger partial charge < -0.3 is 19.3 Å². The summed E-state index contributed by atoms with van der Waals surface area (Å²) >= 11 is 0. The van der Waals surface area contributed by atoms with Crippen molar-refractivity contribution in [1.29, 1.82) is 0 Å². The molecule has 1 aliphatic heterocycles. The molecule has 31 heavy (non-hydrogen) atoms. The molecular weight excluding hydrogens is 422 g/mol. The van der Waals surface area contributed by atoms with Crippen LogP contribution in [0.3, 0.4) is 0 Å². The molecule has 1 aliphatic rings. The summed E-state index contributed by atoms with van der Waals surface area (Å²) in [5.41, 5.74) is 4.24. The largest absolute Gasteiger partial charge is 0.491 e. The first kappa shape index (κ1) is 21.0. The molecule has 0 spiro atoms. The van der Waals surface area contributed by atoms with Crippen molar-refractivity contribution in [1.82, 2.24) is 35.3 Å². The standard InChI is InChI=1S/C20H21N7O3.ClH/c1-11-8-16(26-30-11)19-24-23-18-9-17(28-3)20(25-27(18)19)29-12(2)14-5-4-13-10-21-7-6-15(13)22-14;/h4-5,8-9,12,21H,6-7,10H2,1-3H3;1H. The zero-order valence-electron chi connectivity index (χ0n) is 17.3. The van der Waals surface area contributed by atoms with Crippen molar-refractivity contribution in [3.63, 3.8) is 0 Å². The molecule has 4 aromatic heterocycles. The van der Waals surface area contributed by atoms with Crippen molar-refractivity contribution in [2.24, 2.45) is 0 Å². The molecule has 11 heteroatoms. The highest BCUT2D eigenvalue weighted by Gasteiger charge is 2.21. The van der Waals surface area contributed by atoms with Gasteiger partial charge in [0.05, 0.1) is 12.8 Å². The van der Waals surface area contributed by atoms with Gasteiger partial charge in [0.1, 0.15) is 11.9 Å². The third kappa shape index (κ3) is 3.91. The summed E-state index contributed by atoms with van der Waals surface area (Å²) in [7, 11) is 1.56. The fourth-order valence-electron chi connectivity index (χ4n) is 3.47. The van der Waals surface area contributed by atoms with Crippen LogP contribution >= 0.6 is 12.4 Å². The molecule has 0 radical (unpaired) electrons. The van der Waals surface area contributed by atoms with Crippen LogP contribution in [0.5, 0.6) is 11.6 Å². The molecule has 10 nitrogen and oxygen atoms in total. The Labute approximate surface area is 184 Å². The molecule has 162 valence electrons. The van der Waals surface area contributed by atoms with Crippen molar-refractivity contribution in [2.75, 3.05) is 13.7 Å². The van der Waals surface area contributed by atoms with Gasteiger partial charge in [-0.2, -0.15) is 4.52 Å². The van der Waals surface area contributed by atoms with Crippen molar-refractivity contribution in [3.8, 4) is 23.1 Å². The number of ether oxygens (including phenoxy) is 2. The summed E-state index contributed by atoms with van der Waals surface area (Å²) in [4.78, 5) is 4.80. The molecule has 1 unspecified atom stereocenters. The number of aromatic nitrogens is 6. The number of methoxy groups -OCH3 is 1. The van der Waals surface area contributed by atoms with Crippen LogP contribution in [-0.4, -0.2) is 43.6 Å². The summed E-state index contributed by atoms with van der Waals surface area (Å²) in [5.74, 6) is 1.92. The molecule has 0 saturated carbocycles. The number of hydrogen-bond acceptors (Lipinski definition) is 9. The second kappa shape index (κ2) is 8.48. The minimum Gasteiger partial charge on any atom is -0.491 e. The summed E-state index contributed by atoms with van der Waals surface area (Å²) < 4.78 is 18.3. The quantitative estimate of drug-likeness (QED) is 0.497. The minimum absolute atomic E-state index is 0. The van der Waals surface area contributed by atoms with E-state index in [2.05, 4.69) is 31.8 Å². The van der Waals surface area contributed by atoms with Crippen molar-refractivity contribution < 1.29 is 14.0 Å². The number of pyridine rings is 1. The second-order valence-corrected chi connectivity index (χ2v) is 7.16. The first-order chi connectivity index (χ1) is 14.6. The maximum atomic E-state index is 6.15. The number of nitrogens with one attached hydrogen (secondary N) is 1. The summed E-state index contributed by atoms with van der Waals surface area (Å²) in [6, 6.07) is 7.59. The van der Waals surface area contributed by atoms with Crippen LogP contribution in [0.15, 0.2) is 28.8 Å². The number of rotatable bonds is 5. The Kier molecular flexibility index (Phi) is 5.75. The normalized spacial score (nSPS) is 14.0. The van der Waals surface area contributed by atoms with Gasteiger partial charge in [0.2, 0.25) is 5.82 Å². The Balaban J connectivity index is 0.00000231. The second-order valence-electron chi connectivity index (χ2n) is 7.16. The number of halogens is 1. The Bertz CT molecular complexity index is 1220. The molecule has 5 rings (SSSR count). The van der Waals surface area contributed by atoms with Crippen LogP contribution in [0.2, 0.25) is 0 Å². The SMILES string of the molecule is COc1cc2nnc(-c3cc(C)on3)n2nc1OC(C)c1ccc2c(n1)CCNC2.Cl. The predicted octanol–water partition coefficient (Wildman–Crippen LogP) is 2.70. The van der Waals surface area contributed by atoms with E-state index in [-0.39, 0.29) is 18.5 Å². The van der Waals surface area contributed by atoms with E-state index in [1.165, 1.54) is 5.56 Å². The Morgan fingerprint density at radius 2 is 2.10 bits per heavy atom. The maximum Gasteiger partial charge on any atom is 0.275 e. The number of aryl methyl sites for hydroxylation is 1. The molecule has 0 fully saturated rings. The van der Waals surface area contributed by atoms with Gasteiger partial charge in [0, 0.05) is 37.3 Å². The van der Waals surface area contributed by atoms with Gasteiger partial charge in [0.15, 0.2) is 17.1 Å². The third-order valence-electron chi connectivity index (χ3n) is 5.05. The monoisotopic (exact) mass is 443 g/mol. The highest BCUT2D eigenvalue weighted by molar-refractivity contribution is 5.85. The van der Waals surface area contributed by atoms with E-state index in [4.69, 9.17) is 19.0 Å². The van der Waals surface area contributed by atoms with Crippen molar-refractivity contribution >= 4 is 18.1 Å². The van der Waals surface area contributed by atoms with E-state index in [1.807, 2.05) is 19.9 Å². The zero-order chi connectivity index (χ0) is 20.7. The molecule has 0 amide bonds. The number of fused-ring (bicyclic) bond motifs is 2. The molecular formula is C20H22ClN7O3. The lowest BCUT2D eigenvalue weighted by Gasteiger charge is -2.20. The maximum absolute atomic E-state index is 6.15. The molecule has 0 saturated heterocycles. The van der Waals surface area contributed by atoms with E-state index in [9.17, 15) is 0 Å². The van der Waals surface area contributed by atoms with Gasteiger partial charge in [-0.25, -0.2) is 0 Å². The zero-order valence-corrected chi connectivity index (χ0v) is 18.1. The molecule has 5 heterocycles. The van der Waals surface area contributed by atoms with E-state index < -0.39 is 0 Å². The van der Waals surface area contributed by atoms with Crippen LogP contribution in [-0.2, 0) is 13.0 Å². The van der Waals surface area contributed by atoms with E-state index in [0.29, 0.717) is 34.6 Å². The fraction of sp³-hybridized carbons (Fsp3) is 0.350. The smallest absolute Gasteiger partial charge is 0.275 e. The van der Waals surface area contributed by atoms with Crippen molar-refractivity contribution in [2.45, 2.75) is 32.9 Å². The fourth-order valence-corrected chi connectivity index (χ4v) is 3.47. The predicted molar refractivity (Wildman–Crippen MR) is 114 cm³/mol. The minimum atomic E-state index is -0.321. The van der Waals surface area contributed by atoms with Gasteiger partial charge >= 0.3 is 0 Å². The highest BCUT2D eigenvalue weighted by Crippen LogP contribution is 2.31. The summed E-state index contributed by atoms with van der Waals surface area (Å²) in [6.45, 7) is 5.54. The van der Waals surface area contributed by atoms with Crippen LogP contribution in [0.4, 0.5) is 0 Å². The average molecular weight is 444 g/mol. The first-order valence-corrected chi connectivity index (χ1v) is 9.72. The lowest BCUT2D eigenvalue weighted by Crippen LogP contribution is -2.25. The molecule has 1 N–H and O–H groups in total. The lowest BCUT2D eigenvalue weighted by atomic mass is 10.1. The van der Waals surface area contributed by atoms with Crippen LogP contribution in [0.25, 0.3) is 17.2 Å². The van der Waals surface area contributed by atoms with E-state index in [1.54, 1.807) is 23.8 Å². The number of nitrogens with zero attached hydrogens (tertiary/aromatic N) is 6. The van der Waals surface area contributed by atoms with Crippen LogP contribution in [0, 0.1) is 6.92 Å². The molecule has 4 aromatic rings.